The summed E-state index contributed by atoms with van der Waals surface area (Å²) in [6, 6.07) is 7.09. The Morgan fingerprint density at radius 3 is 2.56 bits per heavy atom. The number of nitrogens with zero attached hydrogens (tertiary/aromatic N) is 3. The number of halogens is 2. The zero-order valence-electron chi connectivity index (χ0n) is 15.2. The highest BCUT2D eigenvalue weighted by molar-refractivity contribution is 6.42. The van der Waals surface area contributed by atoms with E-state index in [1.807, 2.05) is 34.7 Å². The minimum atomic E-state index is -0.332. The van der Waals surface area contributed by atoms with Gasteiger partial charge in [-0.2, -0.15) is 5.10 Å². The summed E-state index contributed by atoms with van der Waals surface area (Å²) in [5.41, 5.74) is 2.47. The van der Waals surface area contributed by atoms with Gasteiger partial charge in [-0.05, 0) is 37.5 Å². The average molecular weight is 405 g/mol. The predicted octanol–water partition coefficient (Wildman–Crippen LogP) is 4.88. The molecule has 1 unspecified atom stereocenters. The molecular weight excluding hydrogens is 383 g/mol. The van der Waals surface area contributed by atoms with Gasteiger partial charge in [0.25, 0.3) is 5.91 Å². The van der Waals surface area contributed by atoms with E-state index < -0.39 is 0 Å². The van der Waals surface area contributed by atoms with Gasteiger partial charge in [0.05, 0.1) is 21.8 Å². The first kappa shape index (κ1) is 18.4. The molecule has 7 heteroatoms. The van der Waals surface area contributed by atoms with Gasteiger partial charge in [-0.3, -0.25) is 4.79 Å². The number of allylic oxidation sites excluding steroid dienone is 1. The summed E-state index contributed by atoms with van der Waals surface area (Å²) in [5.74, 6) is 0.926. The molecule has 142 valence electrons. The fraction of sp³-hybridized carbons (Fsp3) is 0.400. The number of nitrogens with one attached hydrogen (secondary N) is 1. The van der Waals surface area contributed by atoms with Crippen LogP contribution in [0.5, 0.6) is 0 Å². The summed E-state index contributed by atoms with van der Waals surface area (Å²) in [5, 5.41) is 8.76. The first-order chi connectivity index (χ1) is 13.1. The Morgan fingerprint density at radius 1 is 1.11 bits per heavy atom. The molecule has 3 heterocycles. The Bertz CT molecular complexity index is 897. The van der Waals surface area contributed by atoms with Crippen molar-refractivity contribution in [1.82, 2.24) is 14.7 Å². The quantitative estimate of drug-likeness (QED) is 0.775. The van der Waals surface area contributed by atoms with Gasteiger partial charge < -0.3 is 10.2 Å². The van der Waals surface area contributed by atoms with Crippen LogP contribution in [0, 0.1) is 0 Å². The maximum atomic E-state index is 13.5. The molecule has 1 amide bonds. The third-order valence-corrected chi connectivity index (χ3v) is 6.03. The topological polar surface area (TPSA) is 50.2 Å². The van der Waals surface area contributed by atoms with Crippen molar-refractivity contribution in [2.45, 2.75) is 38.6 Å². The minimum Gasteiger partial charge on any atom is -0.344 e. The van der Waals surface area contributed by atoms with Crippen LogP contribution in [0.25, 0.3) is 0 Å². The van der Waals surface area contributed by atoms with Crippen LogP contribution in [0.1, 0.15) is 44.2 Å². The SMILES string of the molecule is CC1=C(C(=O)N2CCCCCC2)C(c2ccc(Cl)c(Cl)c2)n2nccc2N1. The number of hydrogen-bond donors (Lipinski definition) is 1. The summed E-state index contributed by atoms with van der Waals surface area (Å²) < 4.78 is 1.84. The fourth-order valence-electron chi connectivity index (χ4n) is 3.92. The normalized spacial score (nSPS) is 20.1. The van der Waals surface area contributed by atoms with Crippen molar-refractivity contribution in [2.75, 3.05) is 18.4 Å². The molecule has 0 aliphatic carbocycles. The lowest BCUT2D eigenvalue weighted by Crippen LogP contribution is -2.38. The van der Waals surface area contributed by atoms with Gasteiger partial charge >= 0.3 is 0 Å². The molecule has 4 rings (SSSR count). The Morgan fingerprint density at radius 2 is 1.85 bits per heavy atom. The molecule has 1 fully saturated rings. The molecule has 5 nitrogen and oxygen atoms in total. The number of amides is 1. The van der Waals surface area contributed by atoms with Crippen LogP contribution < -0.4 is 5.32 Å². The fourth-order valence-corrected chi connectivity index (χ4v) is 4.22. The third kappa shape index (κ3) is 3.46. The summed E-state index contributed by atoms with van der Waals surface area (Å²) in [7, 11) is 0. The smallest absolute Gasteiger partial charge is 0.254 e. The first-order valence-corrected chi connectivity index (χ1v) is 10.1. The molecule has 2 aliphatic rings. The molecule has 1 aromatic carbocycles. The van der Waals surface area contributed by atoms with Gasteiger partial charge in [0.1, 0.15) is 11.9 Å². The van der Waals surface area contributed by atoms with E-state index in [4.69, 9.17) is 23.2 Å². The van der Waals surface area contributed by atoms with Gasteiger partial charge in [0.2, 0.25) is 0 Å². The molecule has 2 aromatic rings. The van der Waals surface area contributed by atoms with Gasteiger partial charge in [-0.1, -0.05) is 42.1 Å². The van der Waals surface area contributed by atoms with E-state index in [1.54, 1.807) is 12.3 Å². The highest BCUT2D eigenvalue weighted by atomic mass is 35.5. The standard InChI is InChI=1S/C20H22Cl2N4O/c1-13-18(20(27)25-10-4-2-3-5-11-25)19(26-17(24-13)8-9-23-26)14-6-7-15(21)16(22)12-14/h6-9,12,19,24H,2-5,10-11H2,1H3. The summed E-state index contributed by atoms with van der Waals surface area (Å²) in [4.78, 5) is 15.5. The molecule has 2 aliphatic heterocycles. The zero-order chi connectivity index (χ0) is 19.0. The van der Waals surface area contributed by atoms with E-state index in [2.05, 4.69) is 10.4 Å². The molecule has 0 saturated carbocycles. The van der Waals surface area contributed by atoms with Crippen LogP contribution in [0.3, 0.4) is 0 Å². The van der Waals surface area contributed by atoms with E-state index in [0.717, 1.165) is 43.0 Å². The average Bonchev–Trinajstić information content (AvgIpc) is 2.94. The molecule has 0 radical (unpaired) electrons. The molecule has 1 saturated heterocycles. The van der Waals surface area contributed by atoms with Crippen LogP contribution in [-0.2, 0) is 4.79 Å². The largest absolute Gasteiger partial charge is 0.344 e. The van der Waals surface area contributed by atoms with Crippen LogP contribution in [-0.4, -0.2) is 33.7 Å². The van der Waals surface area contributed by atoms with Crippen molar-refractivity contribution in [1.29, 1.82) is 0 Å². The maximum absolute atomic E-state index is 13.5. The number of carbonyl (C=O) groups is 1. The number of anilines is 1. The maximum Gasteiger partial charge on any atom is 0.254 e. The van der Waals surface area contributed by atoms with Crippen LogP contribution in [0.15, 0.2) is 41.7 Å². The van der Waals surface area contributed by atoms with E-state index in [1.165, 1.54) is 12.8 Å². The summed E-state index contributed by atoms with van der Waals surface area (Å²) in [6.45, 7) is 3.55. The number of likely N-dealkylation sites (tertiary alicyclic amines) is 1. The number of benzene rings is 1. The highest BCUT2D eigenvalue weighted by Crippen LogP contribution is 2.38. The molecule has 27 heavy (non-hydrogen) atoms. The lowest BCUT2D eigenvalue weighted by molar-refractivity contribution is -0.127. The Labute approximate surface area is 168 Å². The second-order valence-electron chi connectivity index (χ2n) is 7.11. The van der Waals surface area contributed by atoms with Gasteiger partial charge in [-0.15, -0.1) is 0 Å². The lowest BCUT2D eigenvalue weighted by atomic mass is 9.94. The lowest BCUT2D eigenvalue weighted by Gasteiger charge is -2.33. The van der Waals surface area contributed by atoms with Crippen molar-refractivity contribution in [3.63, 3.8) is 0 Å². The summed E-state index contributed by atoms with van der Waals surface area (Å²) >= 11 is 12.4. The van der Waals surface area contributed by atoms with Crippen LogP contribution >= 0.6 is 23.2 Å². The Hall–Kier alpha value is -1.98. The van der Waals surface area contributed by atoms with Gasteiger partial charge in [0, 0.05) is 24.9 Å². The molecule has 1 N–H and O–H groups in total. The van der Waals surface area contributed by atoms with Gasteiger partial charge in [-0.25, -0.2) is 4.68 Å². The second-order valence-corrected chi connectivity index (χ2v) is 7.92. The number of carbonyl (C=O) groups excluding carboxylic acids is 1. The van der Waals surface area contributed by atoms with Gasteiger partial charge in [0.15, 0.2) is 0 Å². The Kier molecular flexibility index (Phi) is 5.15. The zero-order valence-corrected chi connectivity index (χ0v) is 16.7. The number of rotatable bonds is 2. The molecular formula is C20H22Cl2N4O. The number of hydrogen-bond acceptors (Lipinski definition) is 3. The Balaban J connectivity index is 1.79. The summed E-state index contributed by atoms with van der Waals surface area (Å²) in [6.07, 6.45) is 6.20. The van der Waals surface area contributed by atoms with Crippen molar-refractivity contribution >= 4 is 34.9 Å². The molecule has 0 bridgehead atoms. The van der Waals surface area contributed by atoms with E-state index in [-0.39, 0.29) is 11.9 Å². The number of aromatic nitrogens is 2. The molecule has 0 spiro atoms. The van der Waals surface area contributed by atoms with E-state index >= 15 is 0 Å². The van der Waals surface area contributed by atoms with Crippen molar-refractivity contribution in [3.8, 4) is 0 Å². The second kappa shape index (κ2) is 7.56. The van der Waals surface area contributed by atoms with E-state index in [9.17, 15) is 4.79 Å². The molecule has 1 atom stereocenters. The highest BCUT2D eigenvalue weighted by Gasteiger charge is 2.35. The minimum absolute atomic E-state index is 0.0686. The van der Waals surface area contributed by atoms with Crippen molar-refractivity contribution < 1.29 is 4.79 Å². The van der Waals surface area contributed by atoms with Crippen molar-refractivity contribution in [2.24, 2.45) is 0 Å². The first-order valence-electron chi connectivity index (χ1n) is 9.32. The van der Waals surface area contributed by atoms with E-state index in [0.29, 0.717) is 15.6 Å². The predicted molar refractivity (Wildman–Crippen MR) is 108 cm³/mol. The van der Waals surface area contributed by atoms with Crippen LogP contribution in [0.2, 0.25) is 10.0 Å². The third-order valence-electron chi connectivity index (χ3n) is 5.29. The monoisotopic (exact) mass is 404 g/mol. The van der Waals surface area contributed by atoms with Crippen molar-refractivity contribution in [3.05, 3.63) is 57.3 Å². The van der Waals surface area contributed by atoms with Crippen LogP contribution in [0.4, 0.5) is 5.82 Å². The number of fused-ring (bicyclic) bond motifs is 1. The molecule has 1 aromatic heterocycles.